The lowest BCUT2D eigenvalue weighted by Crippen LogP contribution is -2.47. The van der Waals surface area contributed by atoms with E-state index in [1.54, 1.807) is 14.2 Å². The number of nitrogens with zero attached hydrogens (tertiary/aromatic N) is 1. The van der Waals surface area contributed by atoms with E-state index in [1.165, 1.54) is 0 Å². The van der Waals surface area contributed by atoms with Crippen LogP contribution in [0.3, 0.4) is 0 Å². The lowest BCUT2D eigenvalue weighted by atomic mass is 9.98. The van der Waals surface area contributed by atoms with Crippen LogP contribution in [0, 0.1) is 0 Å². The molecule has 1 aliphatic heterocycles. The minimum Gasteiger partial charge on any atom is -0.497 e. The minimum atomic E-state index is -0.306. The molecule has 0 aliphatic carbocycles. The van der Waals surface area contributed by atoms with E-state index in [0.29, 0.717) is 0 Å². The fraction of sp³-hybridized carbons (Fsp3) is 0.409. The van der Waals surface area contributed by atoms with Crippen LogP contribution < -0.4 is 25.4 Å². The first-order valence-corrected chi connectivity index (χ1v) is 9.62. The second kappa shape index (κ2) is 8.42. The molecule has 0 fully saturated rings. The first-order valence-electron chi connectivity index (χ1n) is 9.62. The third-order valence-corrected chi connectivity index (χ3v) is 5.43. The topological polar surface area (TPSA) is 76.8 Å². The van der Waals surface area contributed by atoms with Gasteiger partial charge in [0.25, 0.3) is 0 Å². The third kappa shape index (κ3) is 3.86. The van der Waals surface area contributed by atoms with Crippen molar-refractivity contribution in [3.63, 3.8) is 0 Å². The molecular weight excluding hydrogens is 354 g/mol. The molecule has 0 spiro atoms. The van der Waals surface area contributed by atoms with Crippen molar-refractivity contribution in [2.45, 2.75) is 38.8 Å². The fourth-order valence-electron chi connectivity index (χ4n) is 3.81. The Morgan fingerprint density at radius 1 is 1.18 bits per heavy atom. The summed E-state index contributed by atoms with van der Waals surface area (Å²) in [5.41, 5.74) is 10.0. The van der Waals surface area contributed by atoms with Gasteiger partial charge in [0.1, 0.15) is 17.5 Å². The zero-order valence-electron chi connectivity index (χ0n) is 17.0. The van der Waals surface area contributed by atoms with Crippen molar-refractivity contribution in [1.29, 1.82) is 0 Å². The number of carbonyl (C=O) groups excluding carboxylic acids is 1. The number of carbonyl (C=O) groups is 1. The summed E-state index contributed by atoms with van der Waals surface area (Å²) in [7, 11) is 3.24. The van der Waals surface area contributed by atoms with E-state index < -0.39 is 0 Å². The van der Waals surface area contributed by atoms with Gasteiger partial charge in [0.15, 0.2) is 0 Å². The zero-order valence-corrected chi connectivity index (χ0v) is 17.0. The molecule has 3 rings (SSSR count). The summed E-state index contributed by atoms with van der Waals surface area (Å²) in [4.78, 5) is 15.2. The van der Waals surface area contributed by atoms with E-state index in [2.05, 4.69) is 10.2 Å². The number of nitrogens with two attached hydrogens (primary N) is 1. The molecular formula is C22H29N3O3. The monoisotopic (exact) mass is 383 g/mol. The van der Waals surface area contributed by atoms with Crippen LogP contribution in [0.4, 0.5) is 11.4 Å². The molecule has 1 aliphatic rings. The Hall–Kier alpha value is -2.89. The molecule has 2 atom stereocenters. The van der Waals surface area contributed by atoms with Crippen LogP contribution in [-0.2, 0) is 11.2 Å². The number of amides is 1. The molecule has 1 heterocycles. The quantitative estimate of drug-likeness (QED) is 0.749. The number of benzene rings is 2. The number of rotatable bonds is 6. The highest BCUT2D eigenvalue weighted by molar-refractivity contribution is 5.86. The van der Waals surface area contributed by atoms with Gasteiger partial charge in [0.2, 0.25) is 5.91 Å². The Balaban J connectivity index is 1.78. The molecule has 3 N–H and O–H groups in total. The normalized spacial score (nSPS) is 15.4. The summed E-state index contributed by atoms with van der Waals surface area (Å²) < 4.78 is 10.8. The van der Waals surface area contributed by atoms with E-state index in [1.807, 2.05) is 50.2 Å². The van der Waals surface area contributed by atoms with Crippen molar-refractivity contribution in [3.05, 3.63) is 47.5 Å². The Morgan fingerprint density at radius 3 is 2.68 bits per heavy atom. The molecule has 0 saturated heterocycles. The van der Waals surface area contributed by atoms with Crippen molar-refractivity contribution in [2.24, 2.45) is 0 Å². The zero-order chi connectivity index (χ0) is 20.3. The Bertz CT molecular complexity index is 853. The number of hydrogen-bond donors (Lipinski definition) is 2. The molecule has 6 nitrogen and oxygen atoms in total. The first kappa shape index (κ1) is 19.9. The van der Waals surface area contributed by atoms with Gasteiger partial charge >= 0.3 is 0 Å². The summed E-state index contributed by atoms with van der Waals surface area (Å²) in [6.45, 7) is 4.72. The standard InChI is InChI=1S/C22H29N3O3/c1-14(18-13-16(27-3)10-11-21(18)28-4)24-22(26)15(2)25-12-6-7-17-19(23)8-5-9-20(17)25/h5,8-11,13-15H,6-7,12,23H2,1-4H3,(H,24,26). The Morgan fingerprint density at radius 2 is 1.96 bits per heavy atom. The van der Waals surface area contributed by atoms with Crippen LogP contribution in [0.15, 0.2) is 36.4 Å². The van der Waals surface area contributed by atoms with Gasteiger partial charge in [0, 0.05) is 23.5 Å². The molecule has 28 heavy (non-hydrogen) atoms. The van der Waals surface area contributed by atoms with Crippen molar-refractivity contribution >= 4 is 17.3 Å². The molecule has 1 amide bonds. The van der Waals surface area contributed by atoms with E-state index in [0.717, 1.165) is 53.4 Å². The second-order valence-corrected chi connectivity index (χ2v) is 7.16. The van der Waals surface area contributed by atoms with E-state index in [9.17, 15) is 4.79 Å². The van der Waals surface area contributed by atoms with Crippen molar-refractivity contribution < 1.29 is 14.3 Å². The van der Waals surface area contributed by atoms with Gasteiger partial charge in [0.05, 0.1) is 20.3 Å². The number of methoxy groups -OCH3 is 2. The van der Waals surface area contributed by atoms with Gasteiger partial charge in [-0.2, -0.15) is 0 Å². The van der Waals surface area contributed by atoms with Crippen LogP contribution in [-0.4, -0.2) is 32.7 Å². The Labute approximate surface area is 166 Å². The maximum atomic E-state index is 13.0. The summed E-state index contributed by atoms with van der Waals surface area (Å²) >= 11 is 0. The molecule has 2 unspecified atom stereocenters. The van der Waals surface area contributed by atoms with Gasteiger partial charge in [-0.05, 0) is 62.6 Å². The third-order valence-electron chi connectivity index (χ3n) is 5.43. The highest BCUT2D eigenvalue weighted by Crippen LogP contribution is 2.33. The smallest absolute Gasteiger partial charge is 0.242 e. The average Bonchev–Trinajstić information content (AvgIpc) is 2.72. The second-order valence-electron chi connectivity index (χ2n) is 7.16. The van der Waals surface area contributed by atoms with Crippen LogP contribution in [0.5, 0.6) is 11.5 Å². The molecule has 0 bridgehead atoms. The maximum Gasteiger partial charge on any atom is 0.242 e. The highest BCUT2D eigenvalue weighted by Gasteiger charge is 2.28. The molecule has 2 aromatic rings. The lowest BCUT2D eigenvalue weighted by Gasteiger charge is -2.36. The average molecular weight is 383 g/mol. The van der Waals surface area contributed by atoms with E-state index >= 15 is 0 Å². The fourth-order valence-corrected chi connectivity index (χ4v) is 3.81. The van der Waals surface area contributed by atoms with Crippen LogP contribution in [0.1, 0.15) is 37.4 Å². The Kier molecular flexibility index (Phi) is 5.97. The summed E-state index contributed by atoms with van der Waals surface area (Å²) in [6.07, 6.45) is 1.93. The van der Waals surface area contributed by atoms with Gasteiger partial charge < -0.3 is 25.4 Å². The number of ether oxygens (including phenoxy) is 2. The molecule has 0 aromatic heterocycles. The van der Waals surface area contributed by atoms with Crippen molar-refractivity contribution in [3.8, 4) is 11.5 Å². The maximum absolute atomic E-state index is 13.0. The molecule has 6 heteroatoms. The van der Waals surface area contributed by atoms with Crippen LogP contribution in [0.25, 0.3) is 0 Å². The highest BCUT2D eigenvalue weighted by atomic mass is 16.5. The first-order chi connectivity index (χ1) is 13.5. The van der Waals surface area contributed by atoms with Crippen molar-refractivity contribution in [1.82, 2.24) is 5.32 Å². The largest absolute Gasteiger partial charge is 0.497 e. The number of anilines is 2. The number of fused-ring (bicyclic) bond motifs is 1. The minimum absolute atomic E-state index is 0.0346. The van der Waals surface area contributed by atoms with Gasteiger partial charge in [-0.1, -0.05) is 6.07 Å². The SMILES string of the molecule is COc1ccc(OC)c(C(C)NC(=O)C(C)N2CCCc3c(N)cccc32)c1. The number of hydrogen-bond acceptors (Lipinski definition) is 5. The predicted octanol–water partition coefficient (Wildman–Crippen LogP) is 3.30. The predicted molar refractivity (Wildman–Crippen MR) is 112 cm³/mol. The lowest BCUT2D eigenvalue weighted by molar-refractivity contribution is -0.122. The molecule has 150 valence electrons. The summed E-state index contributed by atoms with van der Waals surface area (Å²) in [6, 6.07) is 11.0. The molecule has 0 radical (unpaired) electrons. The van der Waals surface area contributed by atoms with Gasteiger partial charge in [-0.25, -0.2) is 0 Å². The van der Waals surface area contributed by atoms with Crippen molar-refractivity contribution in [2.75, 3.05) is 31.4 Å². The van der Waals surface area contributed by atoms with Crippen LogP contribution >= 0.6 is 0 Å². The van der Waals surface area contributed by atoms with E-state index in [-0.39, 0.29) is 18.0 Å². The molecule has 2 aromatic carbocycles. The van der Waals surface area contributed by atoms with Gasteiger partial charge in [-0.15, -0.1) is 0 Å². The summed E-state index contributed by atoms with van der Waals surface area (Å²) in [5.74, 6) is 1.41. The molecule has 0 saturated carbocycles. The van der Waals surface area contributed by atoms with E-state index in [4.69, 9.17) is 15.2 Å². The van der Waals surface area contributed by atoms with Crippen LogP contribution in [0.2, 0.25) is 0 Å². The summed E-state index contributed by atoms with van der Waals surface area (Å²) in [5, 5.41) is 3.12. The number of nitrogen functional groups attached to an aromatic ring is 1. The van der Waals surface area contributed by atoms with Gasteiger partial charge in [-0.3, -0.25) is 4.79 Å². The number of nitrogens with one attached hydrogen (secondary N) is 1.